The summed E-state index contributed by atoms with van der Waals surface area (Å²) in [6.07, 6.45) is 8.27. The van der Waals surface area contributed by atoms with Crippen LogP contribution >= 0.6 is 0 Å². The fourth-order valence-electron chi connectivity index (χ4n) is 5.13. The van der Waals surface area contributed by atoms with Gasteiger partial charge in [0.2, 0.25) is 0 Å². The highest BCUT2D eigenvalue weighted by Gasteiger charge is 2.25. The van der Waals surface area contributed by atoms with E-state index in [2.05, 4.69) is 20.6 Å². The number of pyridine rings is 1. The Kier molecular flexibility index (Phi) is 5.48. The number of aromatic nitrogens is 2. The molecule has 0 N–H and O–H groups in total. The minimum Gasteiger partial charge on any atom is -0.350 e. The maximum Gasteiger partial charge on any atom is 0.255 e. The van der Waals surface area contributed by atoms with Gasteiger partial charge in [-0.3, -0.25) is 14.7 Å². The van der Waals surface area contributed by atoms with Crippen molar-refractivity contribution in [2.24, 2.45) is 7.05 Å². The van der Waals surface area contributed by atoms with Crippen molar-refractivity contribution in [2.45, 2.75) is 38.1 Å². The lowest BCUT2D eigenvalue weighted by Gasteiger charge is -2.32. The second-order valence-corrected chi connectivity index (χ2v) is 8.97. The summed E-state index contributed by atoms with van der Waals surface area (Å²) in [7, 11) is 2.01. The van der Waals surface area contributed by atoms with Gasteiger partial charge in [0, 0.05) is 68.1 Å². The fourth-order valence-corrected chi connectivity index (χ4v) is 5.13. The van der Waals surface area contributed by atoms with Crippen LogP contribution < -0.4 is 0 Å². The Balaban J connectivity index is 1.28. The smallest absolute Gasteiger partial charge is 0.255 e. The van der Waals surface area contributed by atoms with Crippen LogP contribution in [0.25, 0.3) is 10.9 Å². The summed E-state index contributed by atoms with van der Waals surface area (Å²) < 4.78 is 15.9. The van der Waals surface area contributed by atoms with Crippen LogP contribution in [-0.2, 0) is 13.6 Å². The van der Waals surface area contributed by atoms with Gasteiger partial charge in [-0.05, 0) is 68.1 Å². The first kappa shape index (κ1) is 20.2. The number of halogens is 1. The van der Waals surface area contributed by atoms with E-state index in [0.717, 1.165) is 80.6 Å². The zero-order valence-electron chi connectivity index (χ0n) is 18.1. The number of carbonyl (C=O) groups is 1. The second kappa shape index (κ2) is 8.42. The highest BCUT2D eigenvalue weighted by atomic mass is 19.1. The van der Waals surface area contributed by atoms with E-state index in [1.165, 1.54) is 6.07 Å². The maximum atomic E-state index is 13.8. The van der Waals surface area contributed by atoms with Gasteiger partial charge in [0.1, 0.15) is 5.82 Å². The van der Waals surface area contributed by atoms with E-state index in [0.29, 0.717) is 11.5 Å². The standard InChI is InChI=1S/C25H29FN4O/c1-28-15-20(22-13-21(26)7-9-24(22)28)17-29-10-4-5-19(16-29)23-8-6-18(14-27-23)25(31)30-11-2-3-12-30/h6-9,13-15,19H,2-5,10-12,16-17H2,1H3/t19-/m0/s1. The van der Waals surface area contributed by atoms with Gasteiger partial charge in [0.05, 0.1) is 5.56 Å². The average Bonchev–Trinajstić information content (AvgIpc) is 3.42. The number of amides is 1. The summed E-state index contributed by atoms with van der Waals surface area (Å²) in [5, 5.41) is 0.993. The molecule has 31 heavy (non-hydrogen) atoms. The van der Waals surface area contributed by atoms with E-state index in [9.17, 15) is 9.18 Å². The van der Waals surface area contributed by atoms with Crippen molar-refractivity contribution >= 4 is 16.8 Å². The zero-order chi connectivity index (χ0) is 21.4. The third kappa shape index (κ3) is 4.09. The molecule has 162 valence electrons. The van der Waals surface area contributed by atoms with E-state index in [1.807, 2.05) is 30.1 Å². The highest BCUT2D eigenvalue weighted by Crippen LogP contribution is 2.29. The molecule has 2 aliphatic heterocycles. The Morgan fingerprint density at radius 3 is 2.74 bits per heavy atom. The molecule has 0 unspecified atom stereocenters. The third-order valence-corrected chi connectivity index (χ3v) is 6.78. The van der Waals surface area contributed by atoms with Crippen molar-refractivity contribution in [1.29, 1.82) is 0 Å². The lowest BCUT2D eigenvalue weighted by molar-refractivity contribution is 0.0792. The van der Waals surface area contributed by atoms with Gasteiger partial charge in [-0.2, -0.15) is 0 Å². The van der Waals surface area contributed by atoms with E-state index in [1.54, 1.807) is 12.3 Å². The molecule has 1 aromatic carbocycles. The number of carbonyl (C=O) groups excluding carboxylic acids is 1. The zero-order valence-corrected chi connectivity index (χ0v) is 18.1. The number of rotatable bonds is 4. The highest BCUT2D eigenvalue weighted by molar-refractivity contribution is 5.94. The largest absolute Gasteiger partial charge is 0.350 e. The number of benzene rings is 1. The van der Waals surface area contributed by atoms with E-state index < -0.39 is 0 Å². The van der Waals surface area contributed by atoms with Crippen LogP contribution in [0.5, 0.6) is 0 Å². The van der Waals surface area contributed by atoms with E-state index in [-0.39, 0.29) is 11.7 Å². The predicted octanol–water partition coefficient (Wildman–Crippen LogP) is 4.33. The summed E-state index contributed by atoms with van der Waals surface area (Å²) in [4.78, 5) is 21.6. The molecule has 2 aromatic heterocycles. The molecule has 2 saturated heterocycles. The number of hydrogen-bond donors (Lipinski definition) is 0. The molecule has 0 radical (unpaired) electrons. The molecular weight excluding hydrogens is 391 g/mol. The molecule has 5 nitrogen and oxygen atoms in total. The van der Waals surface area contributed by atoms with E-state index in [4.69, 9.17) is 0 Å². The van der Waals surface area contributed by atoms with Gasteiger partial charge in [-0.25, -0.2) is 4.39 Å². The van der Waals surface area contributed by atoms with Crippen LogP contribution in [0, 0.1) is 5.82 Å². The Morgan fingerprint density at radius 2 is 1.97 bits per heavy atom. The van der Waals surface area contributed by atoms with Crippen LogP contribution in [-0.4, -0.2) is 51.4 Å². The first-order valence-electron chi connectivity index (χ1n) is 11.3. The second-order valence-electron chi connectivity index (χ2n) is 8.97. The van der Waals surface area contributed by atoms with Crippen molar-refractivity contribution in [1.82, 2.24) is 19.4 Å². The van der Waals surface area contributed by atoms with Gasteiger partial charge < -0.3 is 9.47 Å². The third-order valence-electron chi connectivity index (χ3n) is 6.78. The van der Waals surface area contributed by atoms with Crippen molar-refractivity contribution in [3.8, 4) is 0 Å². The van der Waals surface area contributed by atoms with Crippen molar-refractivity contribution in [2.75, 3.05) is 26.2 Å². The molecule has 2 aliphatic rings. The van der Waals surface area contributed by atoms with Gasteiger partial charge in [0.25, 0.3) is 5.91 Å². The first-order chi connectivity index (χ1) is 15.1. The van der Waals surface area contributed by atoms with Crippen LogP contribution in [0.15, 0.2) is 42.7 Å². The Hall–Kier alpha value is -2.73. The topological polar surface area (TPSA) is 41.4 Å². The van der Waals surface area contributed by atoms with Crippen LogP contribution in [0.1, 0.15) is 53.2 Å². The van der Waals surface area contributed by atoms with Gasteiger partial charge in [-0.1, -0.05) is 0 Å². The van der Waals surface area contributed by atoms with Crippen LogP contribution in [0.4, 0.5) is 4.39 Å². The molecule has 0 spiro atoms. The number of piperidine rings is 1. The normalized spacial score (nSPS) is 19.9. The molecule has 6 heteroatoms. The fraction of sp³-hybridized carbons (Fsp3) is 0.440. The summed E-state index contributed by atoms with van der Waals surface area (Å²) in [6.45, 7) is 4.49. The number of fused-ring (bicyclic) bond motifs is 1. The molecule has 3 aromatic rings. The molecule has 2 fully saturated rings. The lowest BCUT2D eigenvalue weighted by Crippen LogP contribution is -2.34. The predicted molar refractivity (Wildman–Crippen MR) is 120 cm³/mol. The molecule has 0 bridgehead atoms. The maximum absolute atomic E-state index is 13.8. The van der Waals surface area contributed by atoms with Crippen molar-refractivity contribution < 1.29 is 9.18 Å². The lowest BCUT2D eigenvalue weighted by atomic mass is 9.93. The molecular formula is C25H29FN4O. The quantitative estimate of drug-likeness (QED) is 0.631. The molecule has 1 atom stereocenters. The molecule has 5 rings (SSSR count). The number of likely N-dealkylation sites (tertiary alicyclic amines) is 2. The van der Waals surface area contributed by atoms with Crippen molar-refractivity contribution in [3.63, 3.8) is 0 Å². The molecule has 1 amide bonds. The first-order valence-corrected chi connectivity index (χ1v) is 11.3. The summed E-state index contributed by atoms with van der Waals surface area (Å²) >= 11 is 0. The Labute approximate surface area is 182 Å². The van der Waals surface area contributed by atoms with E-state index >= 15 is 0 Å². The number of aryl methyl sites for hydroxylation is 1. The minimum absolute atomic E-state index is 0.102. The Bertz CT molecular complexity index is 1080. The van der Waals surface area contributed by atoms with Gasteiger partial charge in [0.15, 0.2) is 0 Å². The summed E-state index contributed by atoms with van der Waals surface area (Å²) in [5.41, 5.74) is 3.98. The molecule has 4 heterocycles. The molecule has 0 aliphatic carbocycles. The SMILES string of the molecule is Cn1cc(CN2CCC[C@H](c3ccc(C(=O)N4CCCC4)cn3)C2)c2cc(F)ccc21. The van der Waals surface area contributed by atoms with Gasteiger partial charge in [-0.15, -0.1) is 0 Å². The van der Waals surface area contributed by atoms with Crippen LogP contribution in [0.2, 0.25) is 0 Å². The number of nitrogens with zero attached hydrogens (tertiary/aromatic N) is 4. The van der Waals surface area contributed by atoms with Gasteiger partial charge >= 0.3 is 0 Å². The monoisotopic (exact) mass is 420 g/mol. The Morgan fingerprint density at radius 1 is 1.13 bits per heavy atom. The van der Waals surface area contributed by atoms with Crippen molar-refractivity contribution in [3.05, 3.63) is 65.4 Å². The number of hydrogen-bond acceptors (Lipinski definition) is 3. The molecule has 0 saturated carbocycles. The van der Waals surface area contributed by atoms with Crippen LogP contribution in [0.3, 0.4) is 0 Å². The average molecular weight is 421 g/mol. The minimum atomic E-state index is -0.191. The summed E-state index contributed by atoms with van der Waals surface area (Å²) in [5.74, 6) is 0.269. The summed E-state index contributed by atoms with van der Waals surface area (Å²) in [6, 6.07) is 8.98.